The van der Waals surface area contributed by atoms with E-state index in [2.05, 4.69) is 20.6 Å². The van der Waals surface area contributed by atoms with Crippen LogP contribution in [0.5, 0.6) is 0 Å². The summed E-state index contributed by atoms with van der Waals surface area (Å²) in [5.41, 5.74) is 1.69. The third-order valence-electron chi connectivity index (χ3n) is 8.27. The Kier molecular flexibility index (Phi) is 7.83. The highest BCUT2D eigenvalue weighted by molar-refractivity contribution is 6.05. The molecule has 10 nitrogen and oxygen atoms in total. The topological polar surface area (TPSA) is 120 Å². The third kappa shape index (κ3) is 6.01. The minimum atomic E-state index is -0.790. The first kappa shape index (κ1) is 29.7. The number of anilines is 2. The largest absolute Gasteiger partial charge is 0.444 e. The number of carbonyl (C=O) groups is 2. The highest BCUT2D eigenvalue weighted by Crippen LogP contribution is 2.53. The molecule has 1 aliphatic heterocycles. The number of hydrogen-bond donors (Lipinski definition) is 2. The number of nitrogens with zero attached hydrogens (tertiary/aromatic N) is 4. The molecule has 1 aliphatic carbocycles. The van der Waals surface area contributed by atoms with Gasteiger partial charge >= 0.3 is 6.09 Å². The van der Waals surface area contributed by atoms with Gasteiger partial charge in [-0.3, -0.25) is 15.1 Å². The second-order valence-electron chi connectivity index (χ2n) is 12.7. The van der Waals surface area contributed by atoms with Crippen LogP contribution in [0.15, 0.2) is 49.1 Å². The summed E-state index contributed by atoms with van der Waals surface area (Å²) in [6.07, 6.45) is 8.85. The van der Waals surface area contributed by atoms with Crippen LogP contribution in [0.2, 0.25) is 0 Å². The van der Waals surface area contributed by atoms with Crippen molar-refractivity contribution in [1.82, 2.24) is 19.7 Å². The summed E-state index contributed by atoms with van der Waals surface area (Å²) in [6, 6.07) is 7.11. The predicted molar refractivity (Wildman–Crippen MR) is 165 cm³/mol. The van der Waals surface area contributed by atoms with Gasteiger partial charge in [0, 0.05) is 53.8 Å². The Balaban J connectivity index is 1.27. The van der Waals surface area contributed by atoms with Gasteiger partial charge in [0.05, 0.1) is 17.3 Å². The van der Waals surface area contributed by atoms with Crippen molar-refractivity contribution in [1.29, 1.82) is 0 Å². The van der Waals surface area contributed by atoms with E-state index in [1.54, 1.807) is 51.4 Å². The normalized spacial score (nSPS) is 21.6. The van der Waals surface area contributed by atoms with E-state index >= 15 is 4.39 Å². The lowest BCUT2D eigenvalue weighted by Gasteiger charge is -2.22. The molecule has 2 unspecified atom stereocenters. The van der Waals surface area contributed by atoms with E-state index in [0.717, 1.165) is 37.1 Å². The Labute approximate surface area is 255 Å². The van der Waals surface area contributed by atoms with Crippen LogP contribution in [0.25, 0.3) is 21.9 Å². The van der Waals surface area contributed by atoms with Gasteiger partial charge in [-0.1, -0.05) is 6.92 Å². The van der Waals surface area contributed by atoms with E-state index < -0.39 is 17.5 Å². The molecule has 1 saturated heterocycles. The zero-order chi connectivity index (χ0) is 31.2. The molecule has 1 aromatic carbocycles. The molecule has 2 amide bonds. The highest BCUT2D eigenvalue weighted by Gasteiger charge is 2.53. The van der Waals surface area contributed by atoms with Crippen LogP contribution in [0.4, 0.5) is 20.7 Å². The number of aromatic nitrogens is 4. The number of aryl methyl sites for hydroxylation is 1. The molecule has 2 aliphatic rings. The summed E-state index contributed by atoms with van der Waals surface area (Å²) in [7, 11) is 0. The summed E-state index contributed by atoms with van der Waals surface area (Å²) in [4.78, 5) is 34.7. The van der Waals surface area contributed by atoms with Crippen LogP contribution in [0.1, 0.15) is 70.4 Å². The number of pyridine rings is 2. The van der Waals surface area contributed by atoms with Crippen LogP contribution in [-0.2, 0) is 14.3 Å². The van der Waals surface area contributed by atoms with Gasteiger partial charge in [-0.25, -0.2) is 18.9 Å². The third-order valence-corrected chi connectivity index (χ3v) is 8.27. The SMILES string of the molecule is Cc1ccncc1-c1cc2cc(NC(=O)[C@H]3C(C)[C@@H]3c3ccn(C4CCCCO4)n3)ncc2c(NC(=O)OC(C)(C)C)c1F. The van der Waals surface area contributed by atoms with Crippen molar-refractivity contribution in [3.05, 3.63) is 66.1 Å². The molecule has 4 heterocycles. The lowest BCUT2D eigenvalue weighted by atomic mass is 9.98. The van der Waals surface area contributed by atoms with E-state index in [0.29, 0.717) is 22.2 Å². The zero-order valence-electron chi connectivity index (χ0n) is 25.6. The quantitative estimate of drug-likeness (QED) is 0.245. The number of halogens is 1. The number of rotatable bonds is 6. The fraction of sp³-hybridized carbons (Fsp3) is 0.424. The molecule has 0 radical (unpaired) electrons. The minimum Gasteiger partial charge on any atom is -0.444 e. The molecule has 11 heteroatoms. The van der Waals surface area contributed by atoms with E-state index in [9.17, 15) is 9.59 Å². The molecule has 44 heavy (non-hydrogen) atoms. The average Bonchev–Trinajstić information content (AvgIpc) is 3.40. The maximum absolute atomic E-state index is 16.0. The Hall–Kier alpha value is -4.38. The molecular weight excluding hydrogens is 563 g/mol. The molecule has 4 atom stereocenters. The van der Waals surface area contributed by atoms with Crippen molar-refractivity contribution in [3.63, 3.8) is 0 Å². The van der Waals surface area contributed by atoms with Crippen molar-refractivity contribution in [3.8, 4) is 11.1 Å². The number of ether oxygens (including phenoxy) is 2. The van der Waals surface area contributed by atoms with Crippen LogP contribution in [-0.4, -0.2) is 44.0 Å². The van der Waals surface area contributed by atoms with Gasteiger partial charge in [0.15, 0.2) is 5.82 Å². The van der Waals surface area contributed by atoms with Gasteiger partial charge in [-0.2, -0.15) is 5.10 Å². The van der Waals surface area contributed by atoms with Crippen molar-refractivity contribution in [2.75, 3.05) is 17.2 Å². The van der Waals surface area contributed by atoms with Crippen molar-refractivity contribution < 1.29 is 23.5 Å². The lowest BCUT2D eigenvalue weighted by molar-refractivity contribution is -0.117. The molecular formula is C33H37FN6O4. The maximum atomic E-state index is 16.0. The molecule has 4 aromatic rings. The second-order valence-corrected chi connectivity index (χ2v) is 12.7. The van der Waals surface area contributed by atoms with Gasteiger partial charge in [0.2, 0.25) is 5.91 Å². The van der Waals surface area contributed by atoms with Crippen LogP contribution in [0, 0.1) is 24.6 Å². The monoisotopic (exact) mass is 600 g/mol. The second kappa shape index (κ2) is 11.6. The van der Waals surface area contributed by atoms with E-state index in [-0.39, 0.29) is 41.1 Å². The lowest BCUT2D eigenvalue weighted by Crippen LogP contribution is -2.27. The van der Waals surface area contributed by atoms with Crippen molar-refractivity contribution in [2.24, 2.45) is 11.8 Å². The summed E-state index contributed by atoms with van der Waals surface area (Å²) in [5.74, 6) is -0.607. The highest BCUT2D eigenvalue weighted by atomic mass is 19.1. The zero-order valence-corrected chi connectivity index (χ0v) is 25.6. The number of nitrogens with one attached hydrogen (secondary N) is 2. The Bertz CT molecular complexity index is 1730. The number of amides is 2. The summed E-state index contributed by atoms with van der Waals surface area (Å²) in [6.45, 7) is 9.83. The first-order chi connectivity index (χ1) is 21.0. The average molecular weight is 601 g/mol. The summed E-state index contributed by atoms with van der Waals surface area (Å²) < 4.78 is 29.2. The molecule has 3 aromatic heterocycles. The van der Waals surface area contributed by atoms with Gasteiger partial charge in [-0.05, 0) is 88.1 Å². The number of benzene rings is 1. The predicted octanol–water partition coefficient (Wildman–Crippen LogP) is 6.98. The molecule has 230 valence electrons. The standard InChI is InChI=1S/C33H37FN6O4/c1-18-9-11-35-16-22(18)21-14-20-15-25(36-17-23(20)30(29(21)34)38-32(42)44-33(3,4)5)37-31(41)28-19(2)27(28)24-10-12-40(39-24)26-8-6-7-13-43-26/h9-12,14-17,19,26-28H,6-8,13H2,1-5H3,(H,38,42)(H,36,37,41)/t19?,26?,27-,28+/m1/s1. The molecule has 2 N–H and O–H groups in total. The first-order valence-electron chi connectivity index (χ1n) is 15.0. The summed E-state index contributed by atoms with van der Waals surface area (Å²) in [5, 5.41) is 11.2. The molecule has 2 fully saturated rings. The van der Waals surface area contributed by atoms with Gasteiger partial charge in [0.1, 0.15) is 17.6 Å². The smallest absolute Gasteiger partial charge is 0.412 e. The summed E-state index contributed by atoms with van der Waals surface area (Å²) >= 11 is 0. The number of carbonyl (C=O) groups excluding carboxylic acids is 2. The van der Waals surface area contributed by atoms with Crippen LogP contribution in [0.3, 0.4) is 0 Å². The van der Waals surface area contributed by atoms with Crippen molar-refractivity contribution in [2.45, 2.75) is 71.6 Å². The fourth-order valence-corrected chi connectivity index (χ4v) is 5.96. The van der Waals surface area contributed by atoms with Gasteiger partial charge < -0.3 is 14.8 Å². The Morgan fingerprint density at radius 3 is 2.66 bits per heavy atom. The van der Waals surface area contributed by atoms with E-state index in [1.807, 2.05) is 30.8 Å². The van der Waals surface area contributed by atoms with Crippen LogP contribution < -0.4 is 10.6 Å². The fourth-order valence-electron chi connectivity index (χ4n) is 5.96. The van der Waals surface area contributed by atoms with Crippen molar-refractivity contribution >= 4 is 34.3 Å². The number of fused-ring (bicyclic) bond motifs is 1. The first-order valence-corrected chi connectivity index (χ1v) is 15.0. The van der Waals surface area contributed by atoms with Gasteiger partial charge in [-0.15, -0.1) is 0 Å². The molecule has 0 spiro atoms. The van der Waals surface area contributed by atoms with Gasteiger partial charge in [0.25, 0.3) is 0 Å². The molecule has 6 rings (SSSR count). The van der Waals surface area contributed by atoms with E-state index in [1.165, 1.54) is 6.20 Å². The Morgan fingerprint density at radius 2 is 1.93 bits per heavy atom. The van der Waals surface area contributed by atoms with Crippen LogP contribution >= 0.6 is 0 Å². The maximum Gasteiger partial charge on any atom is 0.412 e. The molecule has 1 saturated carbocycles. The number of hydrogen-bond acceptors (Lipinski definition) is 7. The Morgan fingerprint density at radius 1 is 1.11 bits per heavy atom. The molecule has 0 bridgehead atoms. The van der Waals surface area contributed by atoms with E-state index in [4.69, 9.17) is 14.6 Å². The minimum absolute atomic E-state index is 0.000757.